The minimum Gasteiger partial charge on any atom is -0.355 e. The van der Waals surface area contributed by atoms with Crippen LogP contribution in [0.3, 0.4) is 0 Å². The maximum absolute atomic E-state index is 10.8. The fraction of sp³-hybridized carbons (Fsp3) is 0.267. The Kier molecular flexibility index (Phi) is 3.82. The van der Waals surface area contributed by atoms with E-state index in [0.717, 1.165) is 6.54 Å². The number of hydrogen-bond donors (Lipinski definition) is 1. The number of carbonyl (C=O) groups excluding carboxylic acids is 1. The number of hydrogen-bond acceptors (Lipinski definition) is 1. The fourth-order valence-electron chi connectivity index (χ4n) is 2.00. The van der Waals surface area contributed by atoms with Crippen molar-refractivity contribution in [2.45, 2.75) is 20.4 Å². The van der Waals surface area contributed by atoms with Gasteiger partial charge in [0.2, 0.25) is 5.91 Å². The van der Waals surface area contributed by atoms with Crippen molar-refractivity contribution < 1.29 is 4.79 Å². The number of carbonyl (C=O) groups is 1. The number of aryl methyl sites for hydroxylation is 1. The fourth-order valence-corrected chi connectivity index (χ4v) is 2.00. The smallest absolute Gasteiger partial charge is 0.216 e. The summed E-state index contributed by atoms with van der Waals surface area (Å²) >= 11 is 0. The van der Waals surface area contributed by atoms with Crippen LogP contribution < -0.4 is 5.32 Å². The van der Waals surface area contributed by atoms with Gasteiger partial charge in [-0.15, -0.1) is 0 Å². The summed E-state index contributed by atoms with van der Waals surface area (Å²) < 4.78 is 2.16. The maximum Gasteiger partial charge on any atom is 0.216 e. The Morgan fingerprint density at radius 3 is 2.61 bits per heavy atom. The zero-order valence-electron chi connectivity index (χ0n) is 10.8. The monoisotopic (exact) mass is 242 g/mol. The molecule has 3 heteroatoms. The molecule has 18 heavy (non-hydrogen) atoms. The number of rotatable bonds is 4. The Bertz CT molecular complexity index is 529. The first-order valence-electron chi connectivity index (χ1n) is 6.13. The molecule has 0 aliphatic carbocycles. The van der Waals surface area contributed by atoms with Gasteiger partial charge >= 0.3 is 0 Å². The van der Waals surface area contributed by atoms with Crippen molar-refractivity contribution in [1.29, 1.82) is 0 Å². The highest BCUT2D eigenvalue weighted by Gasteiger charge is 2.03. The van der Waals surface area contributed by atoms with Crippen molar-refractivity contribution in [1.82, 2.24) is 9.88 Å². The molecule has 0 aliphatic heterocycles. The van der Waals surface area contributed by atoms with Gasteiger partial charge in [0.1, 0.15) is 0 Å². The van der Waals surface area contributed by atoms with E-state index in [2.05, 4.69) is 41.2 Å². The van der Waals surface area contributed by atoms with Crippen molar-refractivity contribution in [3.05, 3.63) is 48.3 Å². The van der Waals surface area contributed by atoms with Gasteiger partial charge < -0.3 is 9.88 Å². The Labute approximate surface area is 107 Å². The van der Waals surface area contributed by atoms with Gasteiger partial charge in [0.25, 0.3) is 0 Å². The van der Waals surface area contributed by atoms with Crippen LogP contribution in [0.15, 0.2) is 42.6 Å². The topological polar surface area (TPSA) is 34.0 Å². The first kappa shape index (κ1) is 12.4. The van der Waals surface area contributed by atoms with Gasteiger partial charge in [0.05, 0.1) is 0 Å². The molecular formula is C15H18N2O. The average Bonchev–Trinajstić information content (AvgIpc) is 2.72. The Balaban J connectivity index is 2.10. The molecule has 2 aromatic rings. The maximum atomic E-state index is 10.8. The van der Waals surface area contributed by atoms with Crippen molar-refractivity contribution >= 4 is 5.91 Å². The summed E-state index contributed by atoms with van der Waals surface area (Å²) in [5, 5.41) is 2.81. The molecule has 0 saturated carbocycles. The third-order valence-electron chi connectivity index (χ3n) is 2.95. The summed E-state index contributed by atoms with van der Waals surface area (Å²) in [4.78, 5) is 10.8. The first-order valence-corrected chi connectivity index (χ1v) is 6.13. The third kappa shape index (κ3) is 3.00. The van der Waals surface area contributed by atoms with Gasteiger partial charge in [-0.1, -0.05) is 30.3 Å². The van der Waals surface area contributed by atoms with Crippen LogP contribution in [0, 0.1) is 6.92 Å². The molecule has 0 fully saturated rings. The minimum atomic E-state index is 0.0168. The van der Waals surface area contributed by atoms with Gasteiger partial charge in [0, 0.05) is 31.9 Å². The van der Waals surface area contributed by atoms with Gasteiger partial charge in [-0.25, -0.2) is 0 Å². The normalized spacial score (nSPS) is 10.3. The lowest BCUT2D eigenvalue weighted by Crippen LogP contribution is -2.24. The first-order chi connectivity index (χ1) is 8.66. The molecule has 0 unspecified atom stereocenters. The summed E-state index contributed by atoms with van der Waals surface area (Å²) in [6.07, 6.45) is 2.13. The molecule has 94 valence electrons. The second-order valence-corrected chi connectivity index (χ2v) is 4.41. The quantitative estimate of drug-likeness (QED) is 0.878. The highest BCUT2D eigenvalue weighted by Crippen LogP contribution is 2.21. The van der Waals surface area contributed by atoms with Crippen LogP contribution in [-0.2, 0) is 11.3 Å². The molecule has 1 aromatic heterocycles. The van der Waals surface area contributed by atoms with E-state index in [1.807, 2.05) is 18.2 Å². The average molecular weight is 242 g/mol. The van der Waals surface area contributed by atoms with Gasteiger partial charge in [-0.2, -0.15) is 0 Å². The van der Waals surface area contributed by atoms with Crippen LogP contribution in [0.25, 0.3) is 11.1 Å². The molecule has 1 aromatic carbocycles. The number of nitrogens with zero attached hydrogens (tertiary/aromatic N) is 1. The Morgan fingerprint density at radius 1 is 1.22 bits per heavy atom. The summed E-state index contributed by atoms with van der Waals surface area (Å²) in [6.45, 7) is 5.09. The highest BCUT2D eigenvalue weighted by atomic mass is 16.1. The van der Waals surface area contributed by atoms with E-state index in [4.69, 9.17) is 0 Å². The molecule has 0 atom stereocenters. The summed E-state index contributed by atoms with van der Waals surface area (Å²) in [6, 6.07) is 12.5. The van der Waals surface area contributed by atoms with E-state index in [9.17, 15) is 4.79 Å². The molecule has 0 radical (unpaired) electrons. The van der Waals surface area contributed by atoms with Crippen LogP contribution >= 0.6 is 0 Å². The largest absolute Gasteiger partial charge is 0.355 e. The Morgan fingerprint density at radius 2 is 1.94 bits per heavy atom. The third-order valence-corrected chi connectivity index (χ3v) is 2.95. The molecule has 1 N–H and O–H groups in total. The van der Waals surface area contributed by atoms with Crippen molar-refractivity contribution in [2.75, 3.05) is 6.54 Å². The highest BCUT2D eigenvalue weighted by molar-refractivity contribution is 5.72. The van der Waals surface area contributed by atoms with E-state index in [1.54, 1.807) is 0 Å². The summed E-state index contributed by atoms with van der Waals surface area (Å²) in [7, 11) is 0. The van der Waals surface area contributed by atoms with Crippen molar-refractivity contribution in [3.63, 3.8) is 0 Å². The van der Waals surface area contributed by atoms with Gasteiger partial charge in [-0.05, 0) is 24.1 Å². The molecule has 1 heterocycles. The van der Waals surface area contributed by atoms with E-state index in [-0.39, 0.29) is 5.91 Å². The lowest BCUT2D eigenvalue weighted by Gasteiger charge is -2.06. The second kappa shape index (κ2) is 5.54. The lowest BCUT2D eigenvalue weighted by molar-refractivity contribution is -0.118. The molecule has 1 amide bonds. The van der Waals surface area contributed by atoms with E-state index in [0.29, 0.717) is 6.54 Å². The predicted octanol–water partition coefficient (Wildman–Crippen LogP) is 2.60. The van der Waals surface area contributed by atoms with Crippen LogP contribution in [0.5, 0.6) is 0 Å². The molecule has 2 rings (SSSR count). The number of amides is 1. The summed E-state index contributed by atoms with van der Waals surface area (Å²) in [5.41, 5.74) is 3.65. The number of benzene rings is 1. The SMILES string of the molecule is CC(=O)NCCn1cc(-c2ccccc2)cc1C. The standard InChI is InChI=1S/C15H18N2O/c1-12-10-15(14-6-4-3-5-7-14)11-17(12)9-8-16-13(2)18/h3-7,10-11H,8-9H2,1-2H3,(H,16,18). The minimum absolute atomic E-state index is 0.0168. The van der Waals surface area contributed by atoms with E-state index >= 15 is 0 Å². The zero-order valence-corrected chi connectivity index (χ0v) is 10.8. The number of aromatic nitrogens is 1. The molecule has 0 bridgehead atoms. The molecule has 0 aliphatic rings. The van der Waals surface area contributed by atoms with Crippen molar-refractivity contribution in [3.8, 4) is 11.1 Å². The van der Waals surface area contributed by atoms with Gasteiger partial charge in [-0.3, -0.25) is 4.79 Å². The van der Waals surface area contributed by atoms with Crippen LogP contribution in [0.1, 0.15) is 12.6 Å². The molecule has 0 saturated heterocycles. The van der Waals surface area contributed by atoms with Crippen LogP contribution in [0.4, 0.5) is 0 Å². The number of nitrogens with one attached hydrogen (secondary N) is 1. The molecule has 3 nitrogen and oxygen atoms in total. The van der Waals surface area contributed by atoms with Gasteiger partial charge in [0.15, 0.2) is 0 Å². The Hall–Kier alpha value is -2.03. The lowest BCUT2D eigenvalue weighted by atomic mass is 10.1. The van der Waals surface area contributed by atoms with E-state index in [1.165, 1.54) is 23.7 Å². The molecule has 0 spiro atoms. The van der Waals surface area contributed by atoms with Crippen LogP contribution in [0.2, 0.25) is 0 Å². The zero-order chi connectivity index (χ0) is 13.0. The van der Waals surface area contributed by atoms with Crippen LogP contribution in [-0.4, -0.2) is 17.0 Å². The molecular weight excluding hydrogens is 224 g/mol. The summed E-state index contributed by atoms with van der Waals surface area (Å²) in [5.74, 6) is 0.0168. The predicted molar refractivity (Wildman–Crippen MR) is 73.3 cm³/mol. The van der Waals surface area contributed by atoms with Crippen molar-refractivity contribution in [2.24, 2.45) is 0 Å². The second-order valence-electron chi connectivity index (χ2n) is 4.41. The van der Waals surface area contributed by atoms with E-state index < -0.39 is 0 Å².